The van der Waals surface area contributed by atoms with Gasteiger partial charge in [0.25, 0.3) is 10.1 Å². The molecule has 0 heterocycles. The Hall–Kier alpha value is -1.73. The Bertz CT molecular complexity index is 783. The van der Waals surface area contributed by atoms with E-state index in [2.05, 4.69) is 0 Å². The van der Waals surface area contributed by atoms with Crippen molar-refractivity contribution in [3.05, 3.63) is 65.2 Å². The van der Waals surface area contributed by atoms with Gasteiger partial charge in [0.15, 0.2) is 5.78 Å². The van der Waals surface area contributed by atoms with Crippen LogP contribution in [0.5, 0.6) is 0 Å². The summed E-state index contributed by atoms with van der Waals surface area (Å²) in [6, 6.07) is 13.5. The molecule has 2 rings (SSSR count). The molecule has 1 N–H and O–H groups in total. The van der Waals surface area contributed by atoms with Gasteiger partial charge in [0.2, 0.25) is 0 Å². The zero-order valence-corrected chi connectivity index (χ0v) is 13.8. The lowest BCUT2D eigenvalue weighted by molar-refractivity contribution is 0.0175. The Kier molecular flexibility index (Phi) is 5.21. The van der Waals surface area contributed by atoms with E-state index in [4.69, 9.17) is 15.8 Å². The molecule has 0 aliphatic carbocycles. The zero-order chi connectivity index (χ0) is 17.1. The minimum atomic E-state index is -4.10. The summed E-state index contributed by atoms with van der Waals surface area (Å²) >= 11 is 5.70. The van der Waals surface area contributed by atoms with Gasteiger partial charge in [0.1, 0.15) is 12.2 Å². The predicted octanol–water partition coefficient (Wildman–Crippen LogP) is 2.68. The van der Waals surface area contributed by atoms with Crippen LogP contribution in [0.1, 0.15) is 17.3 Å². The number of hydrogen-bond donors (Lipinski definition) is 1. The van der Waals surface area contributed by atoms with Crippen LogP contribution in [0.25, 0.3) is 0 Å². The summed E-state index contributed by atoms with van der Waals surface area (Å²) in [5.41, 5.74) is -1.70. The lowest BCUT2D eigenvalue weighted by Crippen LogP contribution is -2.40. The highest BCUT2D eigenvalue weighted by molar-refractivity contribution is 7.86. The topological polar surface area (TPSA) is 80.7 Å². The maximum atomic E-state index is 12.2. The fourth-order valence-corrected chi connectivity index (χ4v) is 2.94. The predicted molar refractivity (Wildman–Crippen MR) is 86.0 cm³/mol. The van der Waals surface area contributed by atoms with Crippen molar-refractivity contribution < 1.29 is 22.5 Å². The molecule has 0 fully saturated rings. The summed E-state index contributed by atoms with van der Waals surface area (Å²) < 4.78 is 28.9. The van der Waals surface area contributed by atoms with Crippen LogP contribution < -0.4 is 0 Å². The third-order valence-electron chi connectivity index (χ3n) is 3.12. The molecule has 2 aromatic rings. The maximum Gasteiger partial charge on any atom is 0.297 e. The van der Waals surface area contributed by atoms with Crippen LogP contribution in [0.4, 0.5) is 0 Å². The van der Waals surface area contributed by atoms with Gasteiger partial charge >= 0.3 is 0 Å². The Morgan fingerprint density at radius 1 is 1.13 bits per heavy atom. The highest BCUT2D eigenvalue weighted by Crippen LogP contribution is 2.19. The summed E-state index contributed by atoms with van der Waals surface area (Å²) in [6.45, 7) is 0.519. The lowest BCUT2D eigenvalue weighted by atomic mass is 9.96. The molecule has 1 unspecified atom stereocenters. The van der Waals surface area contributed by atoms with E-state index in [1.807, 2.05) is 0 Å². The fraction of sp³-hybridized carbons (Fsp3) is 0.188. The monoisotopic (exact) mass is 354 g/mol. The number of ketones is 1. The van der Waals surface area contributed by atoms with E-state index < -0.39 is 28.1 Å². The highest BCUT2D eigenvalue weighted by atomic mass is 35.5. The second-order valence-corrected chi connectivity index (χ2v) is 7.19. The molecule has 0 saturated heterocycles. The smallest absolute Gasteiger partial charge is 0.297 e. The second kappa shape index (κ2) is 6.80. The van der Waals surface area contributed by atoms with Crippen LogP contribution in [-0.2, 0) is 14.3 Å². The number of Topliss-reactive ketones (excluding diaryl/α,β-unsaturated/α-hetero) is 1. The van der Waals surface area contributed by atoms with Gasteiger partial charge in [-0.2, -0.15) is 8.42 Å². The van der Waals surface area contributed by atoms with Crippen molar-refractivity contribution in [2.75, 3.05) is 6.61 Å². The van der Waals surface area contributed by atoms with Crippen molar-refractivity contribution in [1.82, 2.24) is 0 Å². The number of halogens is 1. The SMILES string of the molecule is CC(O)(COS(=O)(=O)c1ccc(Cl)cc1)C(=O)c1ccccc1. The minimum Gasteiger partial charge on any atom is -0.379 e. The van der Waals surface area contributed by atoms with Gasteiger partial charge in [0.05, 0.1) is 4.90 Å². The Morgan fingerprint density at radius 3 is 2.26 bits per heavy atom. The lowest BCUT2D eigenvalue weighted by Gasteiger charge is -2.21. The molecule has 0 saturated carbocycles. The molecule has 7 heteroatoms. The fourth-order valence-electron chi connectivity index (χ4n) is 1.83. The zero-order valence-electron chi connectivity index (χ0n) is 12.3. The summed E-state index contributed by atoms with van der Waals surface area (Å²) in [6.07, 6.45) is 0. The van der Waals surface area contributed by atoms with Crippen molar-refractivity contribution in [2.45, 2.75) is 17.4 Å². The average molecular weight is 355 g/mol. The van der Waals surface area contributed by atoms with Crippen LogP contribution in [0, 0.1) is 0 Å². The largest absolute Gasteiger partial charge is 0.379 e. The Balaban J connectivity index is 2.12. The van der Waals surface area contributed by atoms with E-state index in [9.17, 15) is 18.3 Å². The summed E-state index contributed by atoms with van der Waals surface area (Å²) in [5.74, 6) is -0.621. The molecule has 0 bridgehead atoms. The summed E-state index contributed by atoms with van der Waals surface area (Å²) in [4.78, 5) is 12.1. The quantitative estimate of drug-likeness (QED) is 0.637. The molecule has 1 atom stereocenters. The highest BCUT2D eigenvalue weighted by Gasteiger charge is 2.33. The van der Waals surface area contributed by atoms with Crippen LogP contribution in [-0.4, -0.2) is 31.5 Å². The molecule has 23 heavy (non-hydrogen) atoms. The number of benzene rings is 2. The van der Waals surface area contributed by atoms with Crippen molar-refractivity contribution in [1.29, 1.82) is 0 Å². The van der Waals surface area contributed by atoms with Gasteiger partial charge < -0.3 is 5.11 Å². The Morgan fingerprint density at radius 2 is 1.70 bits per heavy atom. The normalized spacial score (nSPS) is 14.2. The standard InChI is InChI=1S/C16H15ClO5S/c1-16(19,15(18)12-5-3-2-4-6-12)11-22-23(20,21)14-9-7-13(17)8-10-14/h2-10,19H,11H2,1H3. The van der Waals surface area contributed by atoms with Gasteiger partial charge in [0, 0.05) is 10.6 Å². The van der Waals surface area contributed by atoms with Crippen LogP contribution in [0.15, 0.2) is 59.5 Å². The maximum absolute atomic E-state index is 12.2. The van der Waals surface area contributed by atoms with E-state index in [1.54, 1.807) is 18.2 Å². The minimum absolute atomic E-state index is 0.107. The number of aliphatic hydroxyl groups is 1. The van der Waals surface area contributed by atoms with Gasteiger partial charge in [-0.05, 0) is 31.2 Å². The van der Waals surface area contributed by atoms with Gasteiger partial charge in [-0.15, -0.1) is 0 Å². The van der Waals surface area contributed by atoms with Crippen molar-refractivity contribution in [3.63, 3.8) is 0 Å². The molecule has 2 aromatic carbocycles. The molecule has 0 aromatic heterocycles. The first-order chi connectivity index (χ1) is 10.7. The number of rotatable bonds is 6. The number of carbonyl (C=O) groups is 1. The molecule has 0 spiro atoms. The van der Waals surface area contributed by atoms with Crippen LogP contribution in [0.2, 0.25) is 5.02 Å². The van der Waals surface area contributed by atoms with Gasteiger partial charge in [-0.25, -0.2) is 0 Å². The number of hydrogen-bond acceptors (Lipinski definition) is 5. The molecular formula is C16H15ClO5S. The molecular weight excluding hydrogens is 340 g/mol. The third kappa shape index (κ3) is 4.39. The first-order valence-corrected chi connectivity index (χ1v) is 8.48. The van der Waals surface area contributed by atoms with Crippen molar-refractivity contribution >= 4 is 27.5 Å². The average Bonchev–Trinajstić information content (AvgIpc) is 2.54. The first-order valence-electron chi connectivity index (χ1n) is 6.70. The first kappa shape index (κ1) is 17.6. The molecule has 0 radical (unpaired) electrons. The van der Waals surface area contributed by atoms with Crippen LogP contribution >= 0.6 is 11.6 Å². The van der Waals surface area contributed by atoms with Crippen LogP contribution in [0.3, 0.4) is 0 Å². The number of carbonyl (C=O) groups excluding carboxylic acids is 1. The van der Waals surface area contributed by atoms with Crippen molar-refractivity contribution in [2.24, 2.45) is 0 Å². The molecule has 0 aliphatic rings. The van der Waals surface area contributed by atoms with E-state index >= 15 is 0 Å². The third-order valence-corrected chi connectivity index (χ3v) is 4.65. The van der Waals surface area contributed by atoms with E-state index in [-0.39, 0.29) is 10.5 Å². The molecule has 122 valence electrons. The molecule has 0 aliphatic heterocycles. The molecule has 0 amide bonds. The van der Waals surface area contributed by atoms with E-state index in [0.29, 0.717) is 5.02 Å². The Labute approximate surface area is 139 Å². The molecule has 5 nitrogen and oxygen atoms in total. The summed E-state index contributed by atoms with van der Waals surface area (Å²) in [5, 5.41) is 10.6. The van der Waals surface area contributed by atoms with Gasteiger partial charge in [-0.1, -0.05) is 41.9 Å². The second-order valence-electron chi connectivity index (χ2n) is 5.14. The van der Waals surface area contributed by atoms with E-state index in [1.165, 1.54) is 43.3 Å². The van der Waals surface area contributed by atoms with Crippen molar-refractivity contribution in [3.8, 4) is 0 Å². The van der Waals surface area contributed by atoms with Gasteiger partial charge in [-0.3, -0.25) is 8.98 Å². The van der Waals surface area contributed by atoms with E-state index in [0.717, 1.165) is 0 Å². The summed E-state index contributed by atoms with van der Waals surface area (Å²) in [7, 11) is -4.10.